The fraction of sp³-hybridized carbons (Fsp3) is 0.0556. The van der Waals surface area contributed by atoms with Gasteiger partial charge in [0.15, 0.2) is 17.5 Å². The van der Waals surface area contributed by atoms with E-state index in [0.29, 0.717) is 17.5 Å². The summed E-state index contributed by atoms with van der Waals surface area (Å²) in [6, 6.07) is 66.1. The Balaban J connectivity index is 1.04. The highest BCUT2D eigenvalue weighted by molar-refractivity contribution is 6.13. The molecule has 8 aromatic carbocycles. The predicted molar refractivity (Wildman–Crippen MR) is 237 cm³/mol. The first-order valence-electron chi connectivity index (χ1n) is 19.8. The lowest BCUT2D eigenvalue weighted by molar-refractivity contribution is 0.660. The number of fused-ring (bicyclic) bond motifs is 6. The Morgan fingerprint density at radius 1 is 0.345 bits per heavy atom. The molecule has 4 heteroatoms. The Bertz CT molecular complexity index is 3180. The van der Waals surface area contributed by atoms with Gasteiger partial charge in [-0.2, -0.15) is 0 Å². The summed E-state index contributed by atoms with van der Waals surface area (Å²) in [6.07, 6.45) is 0. The highest BCUT2D eigenvalue weighted by Crippen LogP contribution is 2.49. The summed E-state index contributed by atoms with van der Waals surface area (Å²) in [5.74, 6) is 1.84. The second-order valence-electron chi connectivity index (χ2n) is 15.6. The van der Waals surface area contributed by atoms with Crippen LogP contribution in [0.1, 0.15) is 25.0 Å². The standard InChI is InChI=1S/C54H37N3O/c1-54(2)46-21-10-9-19-43(46)44-29-27-40(32-47(44)54)52-55-51(37-25-23-36(24-26-37)34-13-5-3-6-14-34)56-53(57-52)41-28-30-45-49(33-41)58-48-22-12-20-42(50(45)48)39-18-11-17-38(31-39)35-15-7-4-8-16-35/h3-33H,1-2H3. The Labute approximate surface area is 337 Å². The summed E-state index contributed by atoms with van der Waals surface area (Å²) in [5, 5.41) is 2.14. The Morgan fingerprint density at radius 2 is 0.862 bits per heavy atom. The molecule has 2 aromatic heterocycles. The topological polar surface area (TPSA) is 51.8 Å². The van der Waals surface area contributed by atoms with E-state index in [4.69, 9.17) is 19.4 Å². The molecule has 2 heterocycles. The van der Waals surface area contributed by atoms with E-state index in [0.717, 1.165) is 55.3 Å². The zero-order valence-corrected chi connectivity index (χ0v) is 32.1. The number of aromatic nitrogens is 3. The fourth-order valence-electron chi connectivity index (χ4n) is 8.75. The van der Waals surface area contributed by atoms with Gasteiger partial charge in [0, 0.05) is 32.9 Å². The molecular formula is C54H37N3O. The van der Waals surface area contributed by atoms with Crippen LogP contribution in [0.15, 0.2) is 192 Å². The van der Waals surface area contributed by atoms with Crippen molar-refractivity contribution in [1.29, 1.82) is 0 Å². The quantitative estimate of drug-likeness (QED) is 0.170. The lowest BCUT2D eigenvalue weighted by atomic mass is 9.82. The predicted octanol–water partition coefficient (Wildman–Crippen LogP) is 14.1. The van der Waals surface area contributed by atoms with Crippen LogP contribution in [-0.4, -0.2) is 15.0 Å². The Hall–Kier alpha value is -7.43. The molecule has 10 aromatic rings. The summed E-state index contributed by atoms with van der Waals surface area (Å²) in [5.41, 5.74) is 16.3. The van der Waals surface area contributed by atoms with Crippen molar-refractivity contribution < 1.29 is 4.42 Å². The first kappa shape index (κ1) is 33.9. The first-order chi connectivity index (χ1) is 28.5. The molecule has 0 aliphatic heterocycles. The van der Waals surface area contributed by atoms with Crippen molar-refractivity contribution in [3.63, 3.8) is 0 Å². The molecule has 0 amide bonds. The maximum atomic E-state index is 6.61. The van der Waals surface area contributed by atoms with Crippen molar-refractivity contribution in [2.24, 2.45) is 0 Å². The molecule has 4 nitrogen and oxygen atoms in total. The van der Waals surface area contributed by atoms with Crippen molar-refractivity contribution in [1.82, 2.24) is 15.0 Å². The van der Waals surface area contributed by atoms with Gasteiger partial charge in [-0.3, -0.25) is 0 Å². The van der Waals surface area contributed by atoms with Gasteiger partial charge in [0.2, 0.25) is 0 Å². The maximum Gasteiger partial charge on any atom is 0.164 e. The Morgan fingerprint density at radius 3 is 1.62 bits per heavy atom. The number of nitrogens with zero attached hydrogens (tertiary/aromatic N) is 3. The number of rotatable bonds is 6. The van der Waals surface area contributed by atoms with Crippen LogP contribution in [0.25, 0.3) is 101 Å². The van der Waals surface area contributed by atoms with Gasteiger partial charge in [-0.05, 0) is 86.0 Å². The third-order valence-corrected chi connectivity index (χ3v) is 11.8. The van der Waals surface area contributed by atoms with Crippen molar-refractivity contribution >= 4 is 21.9 Å². The molecule has 0 saturated carbocycles. The molecule has 0 N–H and O–H groups in total. The van der Waals surface area contributed by atoms with Gasteiger partial charge in [0.05, 0.1) is 0 Å². The molecule has 11 rings (SSSR count). The van der Waals surface area contributed by atoms with Gasteiger partial charge >= 0.3 is 0 Å². The number of hydrogen-bond acceptors (Lipinski definition) is 4. The number of benzene rings is 8. The van der Waals surface area contributed by atoms with Gasteiger partial charge < -0.3 is 4.42 Å². The molecule has 0 unspecified atom stereocenters. The zero-order chi connectivity index (χ0) is 38.8. The smallest absolute Gasteiger partial charge is 0.164 e. The lowest BCUT2D eigenvalue weighted by Crippen LogP contribution is -2.15. The summed E-state index contributed by atoms with van der Waals surface area (Å²) in [6.45, 7) is 4.60. The third-order valence-electron chi connectivity index (χ3n) is 11.8. The molecule has 274 valence electrons. The van der Waals surface area contributed by atoms with Crippen LogP contribution in [0.5, 0.6) is 0 Å². The molecule has 0 bridgehead atoms. The number of furan rings is 1. The summed E-state index contributed by atoms with van der Waals surface area (Å²) in [7, 11) is 0. The highest BCUT2D eigenvalue weighted by atomic mass is 16.3. The van der Waals surface area contributed by atoms with Crippen LogP contribution in [0, 0.1) is 0 Å². The largest absolute Gasteiger partial charge is 0.456 e. The van der Waals surface area contributed by atoms with Crippen molar-refractivity contribution in [2.45, 2.75) is 19.3 Å². The summed E-state index contributed by atoms with van der Waals surface area (Å²) >= 11 is 0. The lowest BCUT2D eigenvalue weighted by Gasteiger charge is -2.21. The van der Waals surface area contributed by atoms with Crippen LogP contribution >= 0.6 is 0 Å². The van der Waals surface area contributed by atoms with Gasteiger partial charge in [-0.25, -0.2) is 15.0 Å². The van der Waals surface area contributed by atoms with Crippen LogP contribution in [0.3, 0.4) is 0 Å². The molecule has 58 heavy (non-hydrogen) atoms. The number of hydrogen-bond donors (Lipinski definition) is 0. The van der Waals surface area contributed by atoms with Crippen LogP contribution in [0.2, 0.25) is 0 Å². The minimum atomic E-state index is -0.151. The van der Waals surface area contributed by atoms with Crippen LogP contribution in [-0.2, 0) is 5.41 Å². The summed E-state index contributed by atoms with van der Waals surface area (Å²) < 4.78 is 6.61. The van der Waals surface area contributed by atoms with E-state index in [1.807, 2.05) is 12.1 Å². The van der Waals surface area contributed by atoms with E-state index in [1.54, 1.807) is 0 Å². The second-order valence-corrected chi connectivity index (χ2v) is 15.6. The average molecular weight is 744 g/mol. The van der Waals surface area contributed by atoms with Crippen molar-refractivity contribution in [2.75, 3.05) is 0 Å². The fourth-order valence-corrected chi connectivity index (χ4v) is 8.75. The highest BCUT2D eigenvalue weighted by Gasteiger charge is 2.35. The maximum absolute atomic E-state index is 6.61. The van der Waals surface area contributed by atoms with E-state index in [2.05, 4.69) is 190 Å². The van der Waals surface area contributed by atoms with Gasteiger partial charge in [0.1, 0.15) is 11.2 Å². The molecule has 0 fully saturated rings. The molecule has 1 aliphatic carbocycles. The summed E-state index contributed by atoms with van der Waals surface area (Å²) in [4.78, 5) is 15.5. The van der Waals surface area contributed by atoms with Crippen LogP contribution < -0.4 is 0 Å². The molecule has 0 saturated heterocycles. The third kappa shape index (κ3) is 5.64. The SMILES string of the molecule is CC1(C)c2ccccc2-c2ccc(-c3nc(-c4ccc(-c5ccccc5)cc4)nc(-c4ccc5c(c4)oc4cccc(-c6cccc(-c7ccccc7)c6)c45)n3)cc21. The average Bonchev–Trinajstić information content (AvgIpc) is 3.78. The minimum absolute atomic E-state index is 0.151. The molecular weight excluding hydrogens is 707 g/mol. The van der Waals surface area contributed by atoms with E-state index in [1.165, 1.54) is 38.9 Å². The van der Waals surface area contributed by atoms with Crippen molar-refractivity contribution in [3.8, 4) is 78.7 Å². The molecule has 0 radical (unpaired) electrons. The van der Waals surface area contributed by atoms with E-state index < -0.39 is 0 Å². The molecule has 0 atom stereocenters. The van der Waals surface area contributed by atoms with Crippen LogP contribution in [0.4, 0.5) is 0 Å². The van der Waals surface area contributed by atoms with E-state index in [-0.39, 0.29) is 5.41 Å². The molecule has 0 spiro atoms. The second kappa shape index (κ2) is 13.4. The van der Waals surface area contributed by atoms with Gasteiger partial charge in [-0.15, -0.1) is 0 Å². The van der Waals surface area contributed by atoms with Gasteiger partial charge in [0.25, 0.3) is 0 Å². The minimum Gasteiger partial charge on any atom is -0.456 e. The monoisotopic (exact) mass is 743 g/mol. The van der Waals surface area contributed by atoms with Gasteiger partial charge in [-0.1, -0.05) is 172 Å². The normalized spacial score (nSPS) is 12.8. The van der Waals surface area contributed by atoms with Crippen molar-refractivity contribution in [3.05, 3.63) is 199 Å². The first-order valence-corrected chi connectivity index (χ1v) is 19.8. The van der Waals surface area contributed by atoms with E-state index in [9.17, 15) is 0 Å². The molecule has 1 aliphatic rings. The van der Waals surface area contributed by atoms with E-state index >= 15 is 0 Å². The zero-order valence-electron chi connectivity index (χ0n) is 32.1. The Kier molecular flexibility index (Phi) is 7.80.